The molecule has 0 radical (unpaired) electrons. The minimum Gasteiger partial charge on any atom is -0.307 e. The first-order valence-corrected chi connectivity index (χ1v) is 8.71. The molecule has 0 saturated carbocycles. The minimum atomic E-state index is 0.577. The summed E-state index contributed by atoms with van der Waals surface area (Å²) in [4.78, 5) is 2.60. The van der Waals surface area contributed by atoms with Crippen LogP contribution in [-0.2, 0) is 6.42 Å². The Kier molecular flexibility index (Phi) is 4.49. The van der Waals surface area contributed by atoms with Crippen molar-refractivity contribution in [2.24, 2.45) is 0 Å². The standard InChI is InChI=1S/C17H25BrN2/c1-12(2)20-9-7-15(8-10-20)19-17-6-3-13-11-14(18)4-5-16(13)17/h4-5,11-12,15,17,19H,3,6-10H2,1-2H3. The van der Waals surface area contributed by atoms with Crippen LogP contribution >= 0.6 is 15.9 Å². The molecular formula is C17H25BrN2. The summed E-state index contributed by atoms with van der Waals surface area (Å²) in [5.41, 5.74) is 3.05. The maximum atomic E-state index is 3.91. The van der Waals surface area contributed by atoms with E-state index in [0.717, 1.165) is 0 Å². The van der Waals surface area contributed by atoms with Gasteiger partial charge in [0, 0.05) is 22.6 Å². The van der Waals surface area contributed by atoms with Gasteiger partial charge in [-0.25, -0.2) is 0 Å². The third-order valence-corrected chi connectivity index (χ3v) is 5.37. The quantitative estimate of drug-likeness (QED) is 0.900. The lowest BCUT2D eigenvalue weighted by Crippen LogP contribution is -2.45. The normalized spacial score (nSPS) is 24.3. The molecule has 110 valence electrons. The van der Waals surface area contributed by atoms with Gasteiger partial charge in [-0.2, -0.15) is 0 Å². The van der Waals surface area contributed by atoms with Crippen LogP contribution in [-0.4, -0.2) is 30.1 Å². The van der Waals surface area contributed by atoms with E-state index in [-0.39, 0.29) is 0 Å². The van der Waals surface area contributed by atoms with Gasteiger partial charge in [-0.1, -0.05) is 22.0 Å². The highest BCUT2D eigenvalue weighted by Gasteiger charge is 2.27. The maximum absolute atomic E-state index is 3.91. The van der Waals surface area contributed by atoms with Crippen LogP contribution in [0.15, 0.2) is 22.7 Å². The van der Waals surface area contributed by atoms with Crippen molar-refractivity contribution in [3.8, 4) is 0 Å². The van der Waals surface area contributed by atoms with Gasteiger partial charge >= 0.3 is 0 Å². The van der Waals surface area contributed by atoms with Crippen LogP contribution in [0.5, 0.6) is 0 Å². The summed E-state index contributed by atoms with van der Waals surface area (Å²) in [6.45, 7) is 7.10. The Bertz CT molecular complexity index is 464. The van der Waals surface area contributed by atoms with Crippen molar-refractivity contribution in [3.05, 3.63) is 33.8 Å². The zero-order valence-electron chi connectivity index (χ0n) is 12.5. The third kappa shape index (κ3) is 3.10. The molecule has 1 saturated heterocycles. The molecule has 0 aromatic heterocycles. The first-order valence-electron chi connectivity index (χ1n) is 7.92. The Labute approximate surface area is 131 Å². The van der Waals surface area contributed by atoms with Crippen molar-refractivity contribution in [1.29, 1.82) is 0 Å². The summed E-state index contributed by atoms with van der Waals surface area (Å²) in [5, 5.41) is 3.91. The summed E-state index contributed by atoms with van der Waals surface area (Å²) >= 11 is 3.58. The predicted molar refractivity (Wildman–Crippen MR) is 88.1 cm³/mol. The summed E-state index contributed by atoms with van der Waals surface area (Å²) in [6.07, 6.45) is 5.06. The van der Waals surface area contributed by atoms with E-state index in [1.165, 1.54) is 54.4 Å². The van der Waals surface area contributed by atoms with E-state index in [4.69, 9.17) is 0 Å². The van der Waals surface area contributed by atoms with Gasteiger partial charge in [0.15, 0.2) is 0 Å². The van der Waals surface area contributed by atoms with E-state index in [1.807, 2.05) is 0 Å². The number of benzene rings is 1. The summed E-state index contributed by atoms with van der Waals surface area (Å²) in [5.74, 6) is 0. The van der Waals surface area contributed by atoms with Crippen LogP contribution < -0.4 is 5.32 Å². The van der Waals surface area contributed by atoms with Crippen LogP contribution in [0.25, 0.3) is 0 Å². The maximum Gasteiger partial charge on any atom is 0.0328 e. The number of hydrogen-bond donors (Lipinski definition) is 1. The van der Waals surface area contributed by atoms with Gasteiger partial charge in [0.2, 0.25) is 0 Å². The fourth-order valence-electron chi connectivity index (χ4n) is 3.63. The molecular weight excluding hydrogens is 312 g/mol. The van der Waals surface area contributed by atoms with E-state index >= 15 is 0 Å². The third-order valence-electron chi connectivity index (χ3n) is 4.88. The SMILES string of the molecule is CC(C)N1CCC(NC2CCc3cc(Br)ccc32)CC1. The van der Waals surface area contributed by atoms with Gasteiger partial charge in [0.25, 0.3) is 0 Å². The van der Waals surface area contributed by atoms with Crippen molar-refractivity contribution in [2.75, 3.05) is 13.1 Å². The number of piperidine rings is 1. The van der Waals surface area contributed by atoms with Crippen molar-refractivity contribution < 1.29 is 0 Å². The molecule has 1 N–H and O–H groups in total. The Balaban J connectivity index is 1.59. The van der Waals surface area contributed by atoms with Gasteiger partial charge in [-0.05, 0) is 75.9 Å². The van der Waals surface area contributed by atoms with Crippen LogP contribution in [0.4, 0.5) is 0 Å². The fourth-order valence-corrected chi connectivity index (χ4v) is 4.03. The lowest BCUT2D eigenvalue weighted by atomic mass is 10.0. The smallest absolute Gasteiger partial charge is 0.0328 e. The molecule has 0 spiro atoms. The molecule has 1 unspecified atom stereocenters. The number of halogens is 1. The molecule has 3 rings (SSSR count). The number of hydrogen-bond acceptors (Lipinski definition) is 2. The van der Waals surface area contributed by atoms with Crippen LogP contribution in [0.3, 0.4) is 0 Å². The molecule has 0 bridgehead atoms. The molecule has 1 aliphatic heterocycles. The average molecular weight is 337 g/mol. The minimum absolute atomic E-state index is 0.577. The van der Waals surface area contributed by atoms with Crippen molar-refractivity contribution >= 4 is 15.9 Å². The molecule has 1 aliphatic carbocycles. The number of nitrogens with zero attached hydrogens (tertiary/aromatic N) is 1. The van der Waals surface area contributed by atoms with Gasteiger partial charge in [-0.15, -0.1) is 0 Å². The average Bonchev–Trinajstić information content (AvgIpc) is 2.81. The number of nitrogens with one attached hydrogen (secondary N) is 1. The molecule has 1 fully saturated rings. The second-order valence-electron chi connectivity index (χ2n) is 6.51. The van der Waals surface area contributed by atoms with Crippen LogP contribution in [0.1, 0.15) is 50.3 Å². The monoisotopic (exact) mass is 336 g/mol. The molecule has 20 heavy (non-hydrogen) atoms. The molecule has 2 aliphatic rings. The highest BCUT2D eigenvalue weighted by atomic mass is 79.9. The fraction of sp³-hybridized carbons (Fsp3) is 0.647. The second-order valence-corrected chi connectivity index (χ2v) is 7.42. The largest absolute Gasteiger partial charge is 0.307 e. The van der Waals surface area contributed by atoms with E-state index in [1.54, 1.807) is 0 Å². The summed E-state index contributed by atoms with van der Waals surface area (Å²) in [7, 11) is 0. The highest BCUT2D eigenvalue weighted by Crippen LogP contribution is 2.34. The molecule has 0 amide bonds. The zero-order chi connectivity index (χ0) is 14.1. The first-order chi connectivity index (χ1) is 9.63. The Hall–Kier alpha value is -0.380. The second kappa shape index (κ2) is 6.17. The summed E-state index contributed by atoms with van der Waals surface area (Å²) < 4.78 is 1.21. The molecule has 1 aromatic carbocycles. The number of aryl methyl sites for hydroxylation is 1. The lowest BCUT2D eigenvalue weighted by Gasteiger charge is -2.36. The van der Waals surface area contributed by atoms with Crippen LogP contribution in [0.2, 0.25) is 0 Å². The van der Waals surface area contributed by atoms with E-state index < -0.39 is 0 Å². The van der Waals surface area contributed by atoms with E-state index in [9.17, 15) is 0 Å². The Morgan fingerprint density at radius 3 is 2.65 bits per heavy atom. The molecule has 1 aromatic rings. The first kappa shape index (κ1) is 14.6. The van der Waals surface area contributed by atoms with E-state index in [2.05, 4.69) is 58.2 Å². The highest BCUT2D eigenvalue weighted by molar-refractivity contribution is 9.10. The summed E-state index contributed by atoms with van der Waals surface area (Å²) in [6, 6.07) is 8.74. The van der Waals surface area contributed by atoms with Crippen molar-refractivity contribution in [3.63, 3.8) is 0 Å². The number of fused-ring (bicyclic) bond motifs is 1. The number of likely N-dealkylation sites (tertiary alicyclic amines) is 1. The van der Waals surface area contributed by atoms with Gasteiger partial charge in [-0.3, -0.25) is 0 Å². The Morgan fingerprint density at radius 1 is 1.20 bits per heavy atom. The molecule has 1 heterocycles. The van der Waals surface area contributed by atoms with Crippen LogP contribution in [0, 0.1) is 0 Å². The van der Waals surface area contributed by atoms with Gasteiger partial charge in [0.1, 0.15) is 0 Å². The van der Waals surface area contributed by atoms with Gasteiger partial charge in [0.05, 0.1) is 0 Å². The zero-order valence-corrected chi connectivity index (χ0v) is 14.1. The van der Waals surface area contributed by atoms with Crippen molar-refractivity contribution in [1.82, 2.24) is 10.2 Å². The molecule has 1 atom stereocenters. The predicted octanol–water partition coefficient (Wildman–Crippen LogP) is 3.90. The molecule has 2 nitrogen and oxygen atoms in total. The molecule has 3 heteroatoms. The van der Waals surface area contributed by atoms with Crippen molar-refractivity contribution in [2.45, 2.75) is 57.7 Å². The van der Waals surface area contributed by atoms with E-state index in [0.29, 0.717) is 18.1 Å². The van der Waals surface area contributed by atoms with Gasteiger partial charge < -0.3 is 10.2 Å². The number of rotatable bonds is 3. The Morgan fingerprint density at radius 2 is 1.95 bits per heavy atom. The lowest BCUT2D eigenvalue weighted by molar-refractivity contribution is 0.156. The topological polar surface area (TPSA) is 15.3 Å².